The second-order valence-electron chi connectivity index (χ2n) is 2.60. The highest BCUT2D eigenvalue weighted by Gasteiger charge is 2.36. The standard InChI is InChI=1S/C6H12O5/c7-1-4-6(10)5(9)3(8)2-11-4/h3-10H,1-2H2/t3-,4?,5+,6-/m1/s1. The van der Waals surface area contributed by atoms with Gasteiger partial charge in [-0.15, -0.1) is 0 Å². The fourth-order valence-corrected chi connectivity index (χ4v) is 1.03. The first-order valence-corrected chi connectivity index (χ1v) is 3.43. The SMILES string of the molecule is OCC1OC[C@@H](O)[C@H](O)[C@@H]1O. The summed E-state index contributed by atoms with van der Waals surface area (Å²) in [7, 11) is 0. The van der Waals surface area contributed by atoms with Crippen LogP contribution in [0, 0.1) is 0 Å². The highest BCUT2D eigenvalue weighted by Crippen LogP contribution is 2.14. The number of aliphatic hydroxyl groups excluding tert-OH is 4. The van der Waals surface area contributed by atoms with Crippen LogP contribution in [0.2, 0.25) is 0 Å². The van der Waals surface area contributed by atoms with E-state index in [1.807, 2.05) is 0 Å². The summed E-state index contributed by atoms with van der Waals surface area (Å²) in [6.45, 7) is -0.408. The Kier molecular flexibility index (Phi) is 2.80. The minimum Gasteiger partial charge on any atom is -0.394 e. The van der Waals surface area contributed by atoms with Gasteiger partial charge in [0.15, 0.2) is 0 Å². The summed E-state index contributed by atoms with van der Waals surface area (Å²) in [6, 6.07) is 0. The summed E-state index contributed by atoms with van der Waals surface area (Å²) in [5.74, 6) is 0. The van der Waals surface area contributed by atoms with Crippen LogP contribution < -0.4 is 0 Å². The van der Waals surface area contributed by atoms with Gasteiger partial charge in [0.2, 0.25) is 0 Å². The molecule has 0 bridgehead atoms. The quantitative estimate of drug-likeness (QED) is 0.343. The molecule has 0 aliphatic carbocycles. The van der Waals surface area contributed by atoms with E-state index in [4.69, 9.17) is 25.2 Å². The van der Waals surface area contributed by atoms with Crippen molar-refractivity contribution >= 4 is 0 Å². The zero-order valence-electron chi connectivity index (χ0n) is 5.92. The molecule has 1 rings (SSSR count). The molecule has 0 aromatic heterocycles. The van der Waals surface area contributed by atoms with Crippen molar-refractivity contribution in [2.75, 3.05) is 13.2 Å². The van der Waals surface area contributed by atoms with Gasteiger partial charge >= 0.3 is 0 Å². The Labute approximate surface area is 63.8 Å². The fourth-order valence-electron chi connectivity index (χ4n) is 1.03. The van der Waals surface area contributed by atoms with Crippen LogP contribution in [0.1, 0.15) is 0 Å². The van der Waals surface area contributed by atoms with E-state index in [0.717, 1.165) is 0 Å². The highest BCUT2D eigenvalue weighted by atomic mass is 16.5. The van der Waals surface area contributed by atoms with Crippen LogP contribution in [0.15, 0.2) is 0 Å². The van der Waals surface area contributed by atoms with E-state index in [9.17, 15) is 0 Å². The molecule has 4 N–H and O–H groups in total. The Morgan fingerprint density at radius 3 is 2.36 bits per heavy atom. The average molecular weight is 164 g/mol. The largest absolute Gasteiger partial charge is 0.394 e. The molecule has 1 saturated heterocycles. The topological polar surface area (TPSA) is 90.2 Å². The molecule has 4 atom stereocenters. The number of hydrogen-bond acceptors (Lipinski definition) is 5. The lowest BCUT2D eigenvalue weighted by Gasteiger charge is -2.34. The molecular formula is C6H12O5. The lowest BCUT2D eigenvalue weighted by Crippen LogP contribution is -2.53. The molecule has 1 aliphatic heterocycles. The molecule has 0 radical (unpaired) electrons. The summed E-state index contributed by atoms with van der Waals surface area (Å²) in [4.78, 5) is 0. The first-order chi connectivity index (χ1) is 5.16. The van der Waals surface area contributed by atoms with Crippen molar-refractivity contribution in [3.63, 3.8) is 0 Å². The molecule has 5 nitrogen and oxygen atoms in total. The third kappa shape index (κ3) is 1.69. The maximum absolute atomic E-state index is 9.11. The van der Waals surface area contributed by atoms with Crippen molar-refractivity contribution in [3.05, 3.63) is 0 Å². The smallest absolute Gasteiger partial charge is 0.111 e. The molecule has 1 unspecified atom stereocenters. The Morgan fingerprint density at radius 1 is 1.18 bits per heavy atom. The minimum absolute atomic E-state index is 0.0521. The third-order valence-corrected chi connectivity index (χ3v) is 1.79. The molecule has 5 heteroatoms. The zero-order valence-corrected chi connectivity index (χ0v) is 5.92. The molecule has 0 aromatic carbocycles. The average Bonchev–Trinajstić information content (AvgIpc) is 2.01. The van der Waals surface area contributed by atoms with Crippen molar-refractivity contribution in [1.82, 2.24) is 0 Å². The van der Waals surface area contributed by atoms with Gasteiger partial charge in [-0.3, -0.25) is 0 Å². The second-order valence-corrected chi connectivity index (χ2v) is 2.60. The van der Waals surface area contributed by atoms with Crippen molar-refractivity contribution in [1.29, 1.82) is 0 Å². The van der Waals surface area contributed by atoms with Gasteiger partial charge in [0.25, 0.3) is 0 Å². The van der Waals surface area contributed by atoms with Crippen molar-refractivity contribution in [2.24, 2.45) is 0 Å². The first-order valence-electron chi connectivity index (χ1n) is 3.43. The van der Waals surface area contributed by atoms with E-state index < -0.39 is 24.4 Å². The van der Waals surface area contributed by atoms with E-state index in [0.29, 0.717) is 0 Å². The molecule has 0 amide bonds. The van der Waals surface area contributed by atoms with Gasteiger partial charge < -0.3 is 25.2 Å². The predicted octanol–water partition coefficient (Wildman–Crippen LogP) is -2.54. The monoisotopic (exact) mass is 164 g/mol. The van der Waals surface area contributed by atoms with Crippen molar-refractivity contribution in [3.8, 4) is 0 Å². The van der Waals surface area contributed by atoms with Crippen LogP contribution in [-0.4, -0.2) is 58.1 Å². The lowest BCUT2D eigenvalue weighted by molar-refractivity contribution is -0.195. The molecule has 66 valence electrons. The Bertz CT molecular complexity index is 126. The third-order valence-electron chi connectivity index (χ3n) is 1.79. The summed E-state index contributed by atoms with van der Waals surface area (Å²) in [5, 5.41) is 35.7. The summed E-state index contributed by atoms with van der Waals surface area (Å²) >= 11 is 0. The van der Waals surface area contributed by atoms with E-state index in [1.54, 1.807) is 0 Å². The normalized spacial score (nSPS) is 45.8. The van der Waals surface area contributed by atoms with Crippen LogP contribution >= 0.6 is 0 Å². The van der Waals surface area contributed by atoms with Gasteiger partial charge in [-0.1, -0.05) is 0 Å². The predicted molar refractivity (Wildman–Crippen MR) is 34.8 cm³/mol. The van der Waals surface area contributed by atoms with Crippen LogP contribution in [0.3, 0.4) is 0 Å². The summed E-state index contributed by atoms with van der Waals surface area (Å²) in [5.41, 5.74) is 0. The van der Waals surface area contributed by atoms with Gasteiger partial charge in [-0.25, -0.2) is 0 Å². The molecule has 1 aliphatic rings. The van der Waals surface area contributed by atoms with E-state index in [1.165, 1.54) is 0 Å². The number of ether oxygens (including phenoxy) is 1. The van der Waals surface area contributed by atoms with Crippen molar-refractivity contribution in [2.45, 2.75) is 24.4 Å². The van der Waals surface area contributed by atoms with Gasteiger partial charge in [0.05, 0.1) is 13.2 Å². The van der Waals surface area contributed by atoms with E-state index >= 15 is 0 Å². The molecule has 0 saturated carbocycles. The first kappa shape index (κ1) is 8.89. The van der Waals surface area contributed by atoms with Crippen LogP contribution in [0.5, 0.6) is 0 Å². The second kappa shape index (κ2) is 3.46. The Balaban J connectivity index is 2.52. The van der Waals surface area contributed by atoms with Crippen LogP contribution in [-0.2, 0) is 4.74 Å². The molecule has 0 aromatic rings. The molecule has 11 heavy (non-hydrogen) atoms. The number of aliphatic hydroxyl groups is 4. The maximum atomic E-state index is 9.11. The van der Waals surface area contributed by atoms with E-state index in [2.05, 4.69) is 0 Å². The van der Waals surface area contributed by atoms with Gasteiger partial charge in [0.1, 0.15) is 24.4 Å². The van der Waals surface area contributed by atoms with Crippen LogP contribution in [0.4, 0.5) is 0 Å². The van der Waals surface area contributed by atoms with Gasteiger partial charge in [0, 0.05) is 0 Å². The number of rotatable bonds is 1. The molecule has 1 fully saturated rings. The zero-order chi connectivity index (χ0) is 8.43. The molecule has 1 heterocycles. The Morgan fingerprint density at radius 2 is 1.82 bits per heavy atom. The van der Waals surface area contributed by atoms with Gasteiger partial charge in [-0.2, -0.15) is 0 Å². The number of hydrogen-bond donors (Lipinski definition) is 4. The highest BCUT2D eigenvalue weighted by molar-refractivity contribution is 4.85. The molecular weight excluding hydrogens is 152 g/mol. The van der Waals surface area contributed by atoms with Gasteiger partial charge in [-0.05, 0) is 0 Å². The minimum atomic E-state index is -1.22. The lowest BCUT2D eigenvalue weighted by atomic mass is 10.0. The summed E-state index contributed by atoms with van der Waals surface area (Å²) < 4.78 is 4.81. The maximum Gasteiger partial charge on any atom is 0.111 e. The van der Waals surface area contributed by atoms with Crippen LogP contribution in [0.25, 0.3) is 0 Å². The summed E-state index contributed by atoms with van der Waals surface area (Å²) in [6.07, 6.45) is -4.27. The van der Waals surface area contributed by atoms with Crippen molar-refractivity contribution < 1.29 is 25.2 Å². The molecule has 0 spiro atoms. The Hall–Kier alpha value is -0.200. The fraction of sp³-hybridized carbons (Fsp3) is 1.00. The van der Waals surface area contributed by atoms with E-state index in [-0.39, 0.29) is 13.2 Å².